The van der Waals surface area contributed by atoms with E-state index in [4.69, 9.17) is 21.1 Å². The molecule has 3 N–H and O–H groups in total. The van der Waals surface area contributed by atoms with Crippen molar-refractivity contribution in [2.75, 3.05) is 122 Å². The number of carbonyl (C=O) groups excluding carboxylic acids is 12. The Labute approximate surface area is 623 Å². The van der Waals surface area contributed by atoms with Gasteiger partial charge in [0.2, 0.25) is 70.9 Å². The van der Waals surface area contributed by atoms with Crippen molar-refractivity contribution in [1.82, 2.24) is 60.0 Å². The van der Waals surface area contributed by atoms with E-state index in [1.165, 1.54) is 82.1 Å². The first kappa shape index (κ1) is 86.8. The fourth-order valence-electron chi connectivity index (χ4n) is 15.4. The number of methoxy groups -OCH3 is 1. The first-order chi connectivity index (χ1) is 49.6. The molecule has 105 heavy (non-hydrogen) atoms. The summed E-state index contributed by atoms with van der Waals surface area (Å²) in [6, 6.07) is -4.62. The average molecular weight is 1500 g/mol. The van der Waals surface area contributed by atoms with Crippen LogP contribution in [0, 0.1) is 23.7 Å². The number of ether oxygens (including phenoxy) is 2. The van der Waals surface area contributed by atoms with Crippen molar-refractivity contribution in [2.24, 2.45) is 23.7 Å². The highest BCUT2D eigenvalue weighted by molar-refractivity contribution is 6.31. The van der Waals surface area contributed by atoms with E-state index in [1.807, 2.05) is 20.8 Å². The summed E-state index contributed by atoms with van der Waals surface area (Å²) >= 11 is 6.19. The molecule has 2 heterocycles. The number of nitrogens with zero attached hydrogens (tertiary/aromatic N) is 9. The maximum Gasteiger partial charge on any atom is 0.417 e. The van der Waals surface area contributed by atoms with Crippen LogP contribution in [0.1, 0.15) is 180 Å². The van der Waals surface area contributed by atoms with Crippen LogP contribution >= 0.6 is 11.6 Å². The topological polar surface area (TPSA) is 289 Å². The lowest BCUT2D eigenvalue weighted by atomic mass is 9.81. The summed E-state index contributed by atoms with van der Waals surface area (Å²) in [6.07, 6.45) is 6.04. The van der Waals surface area contributed by atoms with Crippen molar-refractivity contribution in [3.05, 3.63) is 34.3 Å². The second-order valence-electron chi connectivity index (χ2n) is 30.4. The van der Waals surface area contributed by atoms with Crippen molar-refractivity contribution in [3.63, 3.8) is 0 Å². The summed E-state index contributed by atoms with van der Waals surface area (Å²) < 4.78 is 52.9. The summed E-state index contributed by atoms with van der Waals surface area (Å²) in [5, 5.41) is 8.04. The molecule has 0 radical (unpaired) electrons. The third-order valence-corrected chi connectivity index (χ3v) is 22.4. The minimum atomic E-state index is -4.78. The molecule has 3 aliphatic carbocycles. The molecule has 1 aromatic rings. The molecule has 2 saturated heterocycles. The second kappa shape index (κ2) is 40.7. The Morgan fingerprint density at radius 3 is 1.84 bits per heavy atom. The van der Waals surface area contributed by atoms with Crippen LogP contribution in [0.25, 0.3) is 0 Å². The van der Waals surface area contributed by atoms with Crippen LogP contribution in [0.15, 0.2) is 18.2 Å². The van der Waals surface area contributed by atoms with Crippen LogP contribution in [0.5, 0.6) is 0 Å². The predicted molar refractivity (Wildman–Crippen MR) is 388 cm³/mol. The number of halogens is 4. The van der Waals surface area contributed by atoms with E-state index in [9.17, 15) is 41.9 Å². The molecule has 1 spiro atoms. The normalized spacial score (nSPS) is 25.0. The third kappa shape index (κ3) is 24.2. The Balaban J connectivity index is 1.46. The van der Waals surface area contributed by atoms with Crippen molar-refractivity contribution < 1.29 is 80.2 Å². The van der Waals surface area contributed by atoms with Crippen LogP contribution in [0.4, 0.5) is 13.2 Å². The summed E-state index contributed by atoms with van der Waals surface area (Å²) in [5.41, 5.74) is -2.46. The maximum atomic E-state index is 15.9. The van der Waals surface area contributed by atoms with Gasteiger partial charge in [-0.2, -0.15) is 13.2 Å². The minimum absolute atomic E-state index is 0.00231. The van der Waals surface area contributed by atoms with Gasteiger partial charge in [-0.05, 0) is 112 Å². The highest BCUT2D eigenvalue weighted by atomic mass is 35.5. The molecule has 30 heteroatoms. The van der Waals surface area contributed by atoms with Crippen LogP contribution in [0.3, 0.4) is 0 Å². The number of likely N-dealkylation sites (N-methyl/N-ethyl adjacent to an activating group) is 7. The smallest absolute Gasteiger partial charge is 0.382 e. The summed E-state index contributed by atoms with van der Waals surface area (Å²) in [5.74, 6) is -9.24. The van der Waals surface area contributed by atoms with Gasteiger partial charge < -0.3 is 69.5 Å². The van der Waals surface area contributed by atoms with Crippen molar-refractivity contribution >= 4 is 82.5 Å². The van der Waals surface area contributed by atoms with E-state index < -0.39 is 174 Å². The fraction of sp³-hybridized carbons (Fsp3) is 0.760. The van der Waals surface area contributed by atoms with E-state index in [2.05, 4.69) is 16.0 Å². The quantitative estimate of drug-likeness (QED) is 0.153. The van der Waals surface area contributed by atoms with Crippen molar-refractivity contribution in [3.8, 4) is 0 Å². The lowest BCUT2D eigenvalue weighted by Crippen LogP contribution is -2.64. The van der Waals surface area contributed by atoms with Gasteiger partial charge in [0, 0.05) is 76.1 Å². The van der Waals surface area contributed by atoms with Gasteiger partial charge in [0.05, 0.1) is 63.0 Å². The number of benzene rings is 1. The Morgan fingerprint density at radius 1 is 0.638 bits per heavy atom. The molecular weight excluding hydrogens is 1390 g/mol. The molecule has 6 rings (SSSR count). The van der Waals surface area contributed by atoms with Crippen LogP contribution in [-0.2, 0) is 79.6 Å². The van der Waals surface area contributed by atoms with Gasteiger partial charge in [0.25, 0.3) is 0 Å². The highest BCUT2D eigenvalue weighted by Gasteiger charge is 2.50. The molecular formula is C75H118ClF3N12O14. The lowest BCUT2D eigenvalue weighted by molar-refractivity contribution is -0.157. The number of hydrogen-bond donors (Lipinski definition) is 3. The largest absolute Gasteiger partial charge is 0.417 e. The Kier molecular flexibility index (Phi) is 33.6. The highest BCUT2D eigenvalue weighted by Crippen LogP contribution is 2.38. The molecule has 3 saturated carbocycles. The van der Waals surface area contributed by atoms with E-state index in [-0.39, 0.29) is 82.3 Å². The summed E-state index contributed by atoms with van der Waals surface area (Å²) in [6.45, 7) is 5.41. The number of nitrogens with one attached hydrogen (secondary N) is 3. The Morgan fingerprint density at radius 2 is 1.24 bits per heavy atom. The standard InChI is InChI=1S/C75H118ClF3N12O14/c1-13-50(4)65-71(101)85(7)47-63(95)83(5)48-64(96)87(9)58(43-51-25-17-14-18-26-51)69(99)84(6)45-60(92)80-56(32-30-52-29-31-54(55(76)42-52)75(77,78)79)68(98)91(37-38-105-40-39-104-12)46-61(93)82-74(33-21-22-34-74)73(103)89(11)66(53-27-19-15-20-28-53)72(102)88(10)59(70(100)90-35-23-16-24-36-90)44-62(94)86(8)57(41-49(2)3)67(97)81-65/h29,31,42,49-51,53,56-59,65-66H,13-28,30,32-41,43-48H2,1-12H3,(H,80,92)(H,81,97)(H,82,93)/t50-,56-,57-,58-,59-,65-,66-/m0/s1. The van der Waals surface area contributed by atoms with Crippen LogP contribution in [-0.4, -0.2) is 279 Å². The summed E-state index contributed by atoms with van der Waals surface area (Å²) in [7, 11) is 11.4. The maximum absolute atomic E-state index is 15.9. The summed E-state index contributed by atoms with van der Waals surface area (Å²) in [4.78, 5) is 191. The molecule has 0 bridgehead atoms. The molecule has 12 amide bonds. The minimum Gasteiger partial charge on any atom is -0.382 e. The average Bonchev–Trinajstić information content (AvgIpc) is 1.77. The molecule has 0 unspecified atom stereocenters. The first-order valence-electron chi connectivity index (χ1n) is 37.8. The van der Waals surface area contributed by atoms with Crippen molar-refractivity contribution in [1.29, 1.82) is 0 Å². The number of hydrogen-bond acceptors (Lipinski definition) is 14. The number of rotatable bonds is 17. The Bertz CT molecular complexity index is 3160. The predicted octanol–water partition coefficient (Wildman–Crippen LogP) is 5.92. The molecule has 5 aliphatic rings. The molecule has 2 aliphatic heterocycles. The molecule has 0 aromatic heterocycles. The van der Waals surface area contributed by atoms with Crippen LogP contribution in [0.2, 0.25) is 5.02 Å². The van der Waals surface area contributed by atoms with Crippen LogP contribution < -0.4 is 16.0 Å². The zero-order valence-electron chi connectivity index (χ0n) is 64.1. The zero-order valence-corrected chi connectivity index (χ0v) is 64.8. The lowest BCUT2D eigenvalue weighted by Gasteiger charge is -2.43. The molecule has 26 nitrogen and oxygen atoms in total. The number of likely N-dealkylation sites (tertiary alicyclic amines) is 1. The molecule has 5 fully saturated rings. The number of alkyl halides is 3. The van der Waals surface area contributed by atoms with Gasteiger partial charge in [0.15, 0.2) is 0 Å². The van der Waals surface area contributed by atoms with E-state index in [1.54, 1.807) is 11.8 Å². The SMILES string of the molecule is CC[C@H](C)[C@@H]1NC(=O)[C@H](CC(C)C)N(C)C(=O)C[C@@H](C(=O)N2CCCCC2)N(C)C(=O)[C@H](C2CCCCC2)N(C)C(=O)C2(CCCC2)NC(=O)CN(CCOCCOC)C(=O)[C@H](CCc2ccc(C(F)(F)F)c(Cl)c2)NC(=O)CN(C)C(=O)[C@H](CC2CCCCC2)N(C)C(=O)CN(C)C(=O)CN(C)C1=O. The van der Waals surface area contributed by atoms with Gasteiger partial charge in [-0.15, -0.1) is 0 Å². The van der Waals surface area contributed by atoms with Gasteiger partial charge in [0.1, 0.15) is 41.8 Å². The van der Waals surface area contributed by atoms with E-state index >= 15 is 28.8 Å². The zero-order chi connectivity index (χ0) is 77.6. The first-order valence-corrected chi connectivity index (χ1v) is 38.2. The Hall–Kier alpha value is -7.14. The number of carbonyl (C=O) groups is 12. The second-order valence-corrected chi connectivity index (χ2v) is 30.8. The van der Waals surface area contributed by atoms with E-state index in [0.717, 1.165) is 89.5 Å². The third-order valence-electron chi connectivity index (χ3n) is 22.1. The van der Waals surface area contributed by atoms with E-state index in [0.29, 0.717) is 58.0 Å². The molecule has 590 valence electrons. The molecule has 7 atom stereocenters. The fourth-order valence-corrected chi connectivity index (χ4v) is 15.7. The number of amides is 12. The number of piperidine rings is 1. The van der Waals surface area contributed by atoms with Gasteiger partial charge in [-0.25, -0.2) is 0 Å². The van der Waals surface area contributed by atoms with Gasteiger partial charge in [-0.3, -0.25) is 57.5 Å². The number of aryl methyl sites for hydroxylation is 1. The van der Waals surface area contributed by atoms with Gasteiger partial charge in [-0.1, -0.05) is 116 Å². The molecule has 1 aromatic carbocycles. The van der Waals surface area contributed by atoms with Gasteiger partial charge >= 0.3 is 6.18 Å². The monoisotopic (exact) mass is 1500 g/mol. The van der Waals surface area contributed by atoms with Crippen molar-refractivity contribution in [2.45, 2.75) is 223 Å².